The number of methoxy groups -OCH3 is 1. The number of para-hydroxylation sites is 2. The molecule has 2 aromatic carbocycles. The Kier molecular flexibility index (Phi) is 3.89. The lowest BCUT2D eigenvalue weighted by Crippen LogP contribution is -2.10. The van der Waals surface area contributed by atoms with Gasteiger partial charge in [0.15, 0.2) is 0 Å². The average Bonchev–Trinajstić information content (AvgIpc) is 2.96. The Morgan fingerprint density at radius 3 is 2.45 bits per heavy atom. The minimum absolute atomic E-state index is 0.156. The van der Waals surface area contributed by atoms with Crippen LogP contribution in [0, 0.1) is 0 Å². The standard InChI is InChI=1S/C17H13NO3S/c1-21-14-10-6-5-9-13(14)18-16(19)11-15(22-18)17(20)12-7-3-2-4-8-12/h2-11H,1H3. The van der Waals surface area contributed by atoms with Gasteiger partial charge in [-0.3, -0.25) is 9.59 Å². The molecule has 0 aliphatic carbocycles. The summed E-state index contributed by atoms with van der Waals surface area (Å²) in [6, 6.07) is 17.5. The second kappa shape index (κ2) is 5.99. The number of nitrogens with zero attached hydrogens (tertiary/aromatic N) is 1. The Morgan fingerprint density at radius 2 is 1.73 bits per heavy atom. The zero-order valence-corrected chi connectivity index (χ0v) is 12.7. The van der Waals surface area contributed by atoms with Gasteiger partial charge in [0.05, 0.1) is 12.0 Å². The Labute approximate surface area is 131 Å². The first-order valence-corrected chi connectivity index (χ1v) is 7.44. The number of ketones is 1. The van der Waals surface area contributed by atoms with Crippen molar-refractivity contribution in [3.05, 3.63) is 81.5 Å². The molecule has 0 radical (unpaired) electrons. The van der Waals surface area contributed by atoms with E-state index in [4.69, 9.17) is 4.74 Å². The number of ether oxygens (including phenoxy) is 1. The fourth-order valence-electron chi connectivity index (χ4n) is 2.14. The van der Waals surface area contributed by atoms with Crippen LogP contribution in [0.2, 0.25) is 0 Å². The molecule has 22 heavy (non-hydrogen) atoms. The maximum atomic E-state index is 12.4. The SMILES string of the molecule is COc1ccccc1-n1sc(C(=O)c2ccccc2)cc1=O. The monoisotopic (exact) mass is 311 g/mol. The minimum Gasteiger partial charge on any atom is -0.495 e. The quantitative estimate of drug-likeness (QED) is 0.696. The highest BCUT2D eigenvalue weighted by Gasteiger charge is 2.16. The Balaban J connectivity index is 2.05. The van der Waals surface area contributed by atoms with Crippen LogP contribution >= 0.6 is 11.5 Å². The van der Waals surface area contributed by atoms with Gasteiger partial charge in [-0.2, -0.15) is 0 Å². The van der Waals surface area contributed by atoms with Crippen molar-refractivity contribution in [3.8, 4) is 11.4 Å². The van der Waals surface area contributed by atoms with Crippen LogP contribution in [0.25, 0.3) is 5.69 Å². The average molecular weight is 311 g/mol. The third kappa shape index (κ3) is 2.58. The maximum Gasteiger partial charge on any atom is 0.266 e. The van der Waals surface area contributed by atoms with Crippen LogP contribution in [0.15, 0.2) is 65.5 Å². The van der Waals surface area contributed by atoms with E-state index in [-0.39, 0.29) is 11.3 Å². The van der Waals surface area contributed by atoms with Crippen LogP contribution in [0.4, 0.5) is 0 Å². The van der Waals surface area contributed by atoms with E-state index in [1.165, 1.54) is 10.0 Å². The number of benzene rings is 2. The first kappa shape index (κ1) is 14.3. The van der Waals surface area contributed by atoms with E-state index in [1.807, 2.05) is 18.2 Å². The second-order valence-electron chi connectivity index (χ2n) is 4.60. The van der Waals surface area contributed by atoms with Crippen molar-refractivity contribution < 1.29 is 9.53 Å². The number of rotatable bonds is 4. The van der Waals surface area contributed by atoms with E-state index < -0.39 is 0 Å². The molecule has 0 bridgehead atoms. The van der Waals surface area contributed by atoms with Crippen molar-refractivity contribution in [1.82, 2.24) is 3.96 Å². The predicted octanol–water partition coefficient (Wildman–Crippen LogP) is 3.14. The molecule has 0 fully saturated rings. The fourth-order valence-corrected chi connectivity index (χ4v) is 3.09. The lowest BCUT2D eigenvalue weighted by molar-refractivity contribution is 0.104. The molecule has 0 N–H and O–H groups in total. The van der Waals surface area contributed by atoms with Gasteiger partial charge in [0.1, 0.15) is 11.4 Å². The second-order valence-corrected chi connectivity index (χ2v) is 5.59. The summed E-state index contributed by atoms with van der Waals surface area (Å²) in [7, 11) is 1.55. The highest BCUT2D eigenvalue weighted by atomic mass is 32.1. The lowest BCUT2D eigenvalue weighted by Gasteiger charge is -2.06. The molecule has 3 aromatic rings. The van der Waals surface area contributed by atoms with Crippen molar-refractivity contribution in [3.63, 3.8) is 0 Å². The normalized spacial score (nSPS) is 10.4. The van der Waals surface area contributed by atoms with Crippen molar-refractivity contribution in [2.75, 3.05) is 7.11 Å². The molecule has 0 saturated carbocycles. The van der Waals surface area contributed by atoms with E-state index >= 15 is 0 Å². The van der Waals surface area contributed by atoms with Gasteiger partial charge in [-0.15, -0.1) is 0 Å². The van der Waals surface area contributed by atoms with Gasteiger partial charge < -0.3 is 4.74 Å². The first-order chi connectivity index (χ1) is 10.7. The minimum atomic E-state index is -0.242. The number of hydrogen-bond acceptors (Lipinski definition) is 4. The molecule has 1 heterocycles. The molecule has 5 heteroatoms. The lowest BCUT2D eigenvalue weighted by atomic mass is 10.1. The Bertz CT molecular complexity index is 865. The zero-order chi connectivity index (χ0) is 15.5. The summed E-state index contributed by atoms with van der Waals surface area (Å²) in [5.41, 5.74) is 0.955. The topological polar surface area (TPSA) is 48.3 Å². The molecule has 4 nitrogen and oxygen atoms in total. The van der Waals surface area contributed by atoms with Crippen LogP contribution in [0.5, 0.6) is 5.75 Å². The van der Waals surface area contributed by atoms with E-state index in [9.17, 15) is 9.59 Å². The van der Waals surface area contributed by atoms with Gasteiger partial charge in [-0.1, -0.05) is 42.5 Å². The van der Waals surface area contributed by atoms with Crippen molar-refractivity contribution in [2.45, 2.75) is 0 Å². The van der Waals surface area contributed by atoms with Crippen molar-refractivity contribution in [2.24, 2.45) is 0 Å². The van der Waals surface area contributed by atoms with Crippen LogP contribution < -0.4 is 10.3 Å². The smallest absolute Gasteiger partial charge is 0.266 e. The molecular formula is C17H13NO3S. The van der Waals surface area contributed by atoms with E-state index in [0.717, 1.165) is 11.5 Å². The van der Waals surface area contributed by atoms with Crippen LogP contribution in [-0.2, 0) is 0 Å². The van der Waals surface area contributed by atoms with Crippen molar-refractivity contribution in [1.29, 1.82) is 0 Å². The van der Waals surface area contributed by atoms with Crippen LogP contribution in [-0.4, -0.2) is 16.8 Å². The molecule has 0 amide bonds. The third-order valence-electron chi connectivity index (χ3n) is 3.21. The number of aromatic nitrogens is 1. The van der Waals surface area contributed by atoms with Gasteiger partial charge in [-0.25, -0.2) is 3.96 Å². The van der Waals surface area contributed by atoms with Gasteiger partial charge >= 0.3 is 0 Å². The summed E-state index contributed by atoms with van der Waals surface area (Å²) in [6.45, 7) is 0. The molecule has 0 saturated heterocycles. The van der Waals surface area contributed by atoms with Gasteiger partial charge in [0.25, 0.3) is 5.56 Å². The fraction of sp³-hybridized carbons (Fsp3) is 0.0588. The van der Waals surface area contributed by atoms with Gasteiger partial charge in [0, 0.05) is 11.6 Å². The summed E-state index contributed by atoms with van der Waals surface area (Å²) in [4.78, 5) is 25.0. The van der Waals surface area contributed by atoms with E-state index in [1.54, 1.807) is 43.5 Å². The summed E-state index contributed by atoms with van der Waals surface area (Å²) < 4.78 is 6.74. The molecule has 3 rings (SSSR count). The molecule has 1 aromatic heterocycles. The number of hydrogen-bond donors (Lipinski definition) is 0. The molecule has 0 aliphatic rings. The third-order valence-corrected chi connectivity index (χ3v) is 4.27. The largest absolute Gasteiger partial charge is 0.495 e. The number of carbonyl (C=O) groups is 1. The highest BCUT2D eigenvalue weighted by Crippen LogP contribution is 2.24. The molecule has 0 aliphatic heterocycles. The summed E-state index contributed by atoms with van der Waals surface area (Å²) in [5, 5.41) is 0. The first-order valence-electron chi connectivity index (χ1n) is 6.67. The predicted molar refractivity (Wildman–Crippen MR) is 86.3 cm³/mol. The van der Waals surface area contributed by atoms with Gasteiger partial charge in [0.2, 0.25) is 5.78 Å². The Hall–Kier alpha value is -2.66. The molecular weight excluding hydrogens is 298 g/mol. The van der Waals surface area contributed by atoms with Gasteiger partial charge in [-0.05, 0) is 23.7 Å². The van der Waals surface area contributed by atoms with E-state index in [0.29, 0.717) is 21.9 Å². The molecule has 0 unspecified atom stereocenters. The van der Waals surface area contributed by atoms with Crippen LogP contribution in [0.3, 0.4) is 0 Å². The summed E-state index contributed by atoms with van der Waals surface area (Å²) in [5.74, 6) is 0.432. The molecule has 0 spiro atoms. The molecule has 110 valence electrons. The summed E-state index contributed by atoms with van der Waals surface area (Å²) >= 11 is 1.12. The highest BCUT2D eigenvalue weighted by molar-refractivity contribution is 7.09. The van der Waals surface area contributed by atoms with Crippen LogP contribution in [0.1, 0.15) is 15.2 Å². The van der Waals surface area contributed by atoms with Crippen molar-refractivity contribution >= 4 is 17.3 Å². The van der Waals surface area contributed by atoms with E-state index in [2.05, 4.69) is 0 Å². The summed E-state index contributed by atoms with van der Waals surface area (Å²) in [6.07, 6.45) is 0. The number of carbonyl (C=O) groups excluding carboxylic acids is 1. The zero-order valence-electron chi connectivity index (χ0n) is 11.9. The maximum absolute atomic E-state index is 12.4. The Morgan fingerprint density at radius 1 is 1.05 bits per heavy atom. The molecule has 0 atom stereocenters.